The number of nitrogens with zero attached hydrogens (tertiary/aromatic N) is 6. The van der Waals surface area contributed by atoms with Crippen LogP contribution in [-0.2, 0) is 0 Å². The molecule has 0 radical (unpaired) electrons. The van der Waals surface area contributed by atoms with Crippen molar-refractivity contribution >= 4 is 87.4 Å². The fourth-order valence-electron chi connectivity index (χ4n) is 12.5. The Morgan fingerprint density at radius 3 is 1.44 bits per heavy atom. The zero-order chi connectivity index (χ0) is 51.8. The van der Waals surface area contributed by atoms with Gasteiger partial charge in [-0.1, -0.05) is 172 Å². The predicted octanol–water partition coefficient (Wildman–Crippen LogP) is 19.0. The number of benzene rings is 10. The lowest BCUT2D eigenvalue weighted by Gasteiger charge is -2.18. The summed E-state index contributed by atoms with van der Waals surface area (Å²) in [6.07, 6.45) is 9.84. The van der Waals surface area contributed by atoms with Gasteiger partial charge in [0, 0.05) is 76.9 Å². The molecule has 0 aliphatic heterocycles. The largest absolute Gasteiger partial charge is 0.333 e. The number of allylic oxidation sites excluding steroid dienone is 4. The van der Waals surface area contributed by atoms with Gasteiger partial charge in [-0.3, -0.25) is 0 Å². The predicted molar refractivity (Wildman–Crippen MR) is 328 cm³/mol. The highest BCUT2D eigenvalue weighted by Crippen LogP contribution is 2.44. The van der Waals surface area contributed by atoms with Gasteiger partial charge in [0.25, 0.3) is 0 Å². The lowest BCUT2D eigenvalue weighted by Crippen LogP contribution is -2.06. The van der Waals surface area contributed by atoms with Gasteiger partial charge in [0.15, 0.2) is 5.82 Å². The summed E-state index contributed by atoms with van der Waals surface area (Å²) >= 11 is 0. The molecule has 0 saturated carbocycles. The summed E-state index contributed by atoms with van der Waals surface area (Å²) in [6, 6.07) is 86.1. The van der Waals surface area contributed by atoms with Gasteiger partial charge in [0.2, 0.25) is 0 Å². The molecular formula is C72H52N6. The first kappa shape index (κ1) is 45.4. The molecule has 6 heteroatoms. The third kappa shape index (κ3) is 7.03. The van der Waals surface area contributed by atoms with Crippen molar-refractivity contribution in [3.8, 4) is 50.8 Å². The average molecular weight is 1000 g/mol. The van der Waals surface area contributed by atoms with Crippen molar-refractivity contribution in [1.29, 1.82) is 0 Å². The molecule has 15 aromatic rings. The number of hydrogen-bond acceptors (Lipinski definition) is 2. The first-order chi connectivity index (χ1) is 38.7. The molecular weight excluding hydrogens is 949 g/mol. The maximum atomic E-state index is 5.77. The van der Waals surface area contributed by atoms with Gasteiger partial charge in [-0.15, -0.1) is 0 Å². The lowest BCUT2D eigenvalue weighted by molar-refractivity contribution is 0.648. The van der Waals surface area contributed by atoms with E-state index in [1.54, 1.807) is 0 Å². The van der Waals surface area contributed by atoms with Crippen LogP contribution in [0.2, 0.25) is 0 Å². The summed E-state index contributed by atoms with van der Waals surface area (Å²) in [5.41, 5.74) is 18.4. The molecule has 370 valence electrons. The maximum Gasteiger partial charge on any atom is 0.160 e. The third-order valence-electron chi connectivity index (χ3n) is 15.9. The van der Waals surface area contributed by atoms with Crippen LogP contribution in [0.1, 0.15) is 26.3 Å². The molecule has 0 saturated heterocycles. The Morgan fingerprint density at radius 2 is 0.795 bits per heavy atom. The molecule has 1 aliphatic rings. The van der Waals surface area contributed by atoms with Crippen LogP contribution < -0.4 is 0 Å². The molecule has 6 nitrogen and oxygen atoms in total. The Bertz CT molecular complexity index is 4900. The van der Waals surface area contributed by atoms with Crippen molar-refractivity contribution in [3.05, 3.63) is 261 Å². The van der Waals surface area contributed by atoms with Crippen LogP contribution >= 0.6 is 0 Å². The van der Waals surface area contributed by atoms with Gasteiger partial charge in [0.1, 0.15) is 5.52 Å². The maximum absolute atomic E-state index is 5.77. The Balaban J connectivity index is 0.00000262. The first-order valence-corrected chi connectivity index (χ1v) is 27.2. The van der Waals surface area contributed by atoms with Crippen LogP contribution in [0.3, 0.4) is 0 Å². The van der Waals surface area contributed by atoms with E-state index in [9.17, 15) is 0 Å². The molecule has 1 aliphatic carbocycles. The van der Waals surface area contributed by atoms with Gasteiger partial charge in [-0.2, -0.15) is 0 Å². The number of hydrogen-bond donors (Lipinski definition) is 0. The Morgan fingerprint density at radius 1 is 0.346 bits per heavy atom. The van der Waals surface area contributed by atoms with Gasteiger partial charge in [-0.25, -0.2) is 9.97 Å². The fourth-order valence-corrected chi connectivity index (χ4v) is 12.5. The van der Waals surface area contributed by atoms with Gasteiger partial charge >= 0.3 is 0 Å². The van der Waals surface area contributed by atoms with Gasteiger partial charge < -0.3 is 18.3 Å². The van der Waals surface area contributed by atoms with Crippen LogP contribution in [0.15, 0.2) is 261 Å². The summed E-state index contributed by atoms with van der Waals surface area (Å²) in [5, 5.41) is 8.31. The minimum Gasteiger partial charge on any atom is -0.333 e. The van der Waals surface area contributed by atoms with Gasteiger partial charge in [0.05, 0.1) is 44.8 Å². The molecule has 1 unspecified atom stereocenters. The average Bonchev–Trinajstić information content (AvgIpc) is 4.45. The zero-order valence-corrected chi connectivity index (χ0v) is 43.3. The topological polar surface area (TPSA) is 45.5 Å². The molecule has 16 rings (SSSR count). The van der Waals surface area contributed by atoms with E-state index in [0.717, 1.165) is 84.4 Å². The van der Waals surface area contributed by atoms with Crippen molar-refractivity contribution in [3.63, 3.8) is 0 Å². The highest BCUT2D eigenvalue weighted by molar-refractivity contribution is 6.16. The van der Waals surface area contributed by atoms with Gasteiger partial charge in [-0.05, 0) is 121 Å². The van der Waals surface area contributed by atoms with E-state index in [1.165, 1.54) is 54.4 Å². The van der Waals surface area contributed by atoms with E-state index in [-0.39, 0.29) is 6.04 Å². The minimum atomic E-state index is 0.223. The number of rotatable bonds is 7. The highest BCUT2D eigenvalue weighted by Gasteiger charge is 2.25. The third-order valence-corrected chi connectivity index (χ3v) is 15.9. The number of aromatic nitrogens is 6. The Hall–Kier alpha value is -10.0. The molecule has 78 heavy (non-hydrogen) atoms. The Kier molecular flexibility index (Phi) is 10.7. The molecule has 5 heterocycles. The van der Waals surface area contributed by atoms with Crippen LogP contribution in [0.5, 0.6) is 0 Å². The van der Waals surface area contributed by atoms with E-state index in [0.29, 0.717) is 5.82 Å². The standard InChI is InChI=1S/C70H46N6.C2H6/c1-5-19-49(20-6-1)73-61-31-17-14-28-54(61)57-41-45(34-38-63(57)73)46-35-39-65-59(42-46)68-69(76(65)52-25-11-4-12-26-52)67(47-33-37-56-53-27-13-16-30-60(53)75(66(56)44-47)51-23-9-3-10-24-51)71-70(72-68)48-36-40-64-58(43-48)55-29-15-18-32-62(55)74(64)50-21-7-2-8-22-50;1-2/h1-21,23-44,50H,22H2;1-2H3. The van der Waals surface area contributed by atoms with Crippen molar-refractivity contribution in [2.24, 2.45) is 0 Å². The second-order valence-corrected chi connectivity index (χ2v) is 20.1. The SMILES string of the molecule is C1=CCC(n2c3ccccc3c3cc(-c4nc(-c5ccc6c7ccccc7n(-c7ccccc7)c6c5)c5c(n4)c4cc(-c6ccc7c(c6)c6ccccc6n7-c6ccccc6)ccc4n5-c4ccccc4)ccc32)C=C1.CC. The molecule has 0 fully saturated rings. The van der Waals surface area contributed by atoms with Crippen molar-refractivity contribution in [2.75, 3.05) is 0 Å². The molecule has 5 aromatic heterocycles. The first-order valence-electron chi connectivity index (χ1n) is 27.2. The van der Waals surface area contributed by atoms with Crippen molar-refractivity contribution in [1.82, 2.24) is 28.2 Å². The van der Waals surface area contributed by atoms with Crippen LogP contribution in [0.25, 0.3) is 138 Å². The summed E-state index contributed by atoms with van der Waals surface area (Å²) in [6.45, 7) is 4.00. The molecule has 0 bridgehead atoms. The molecule has 0 spiro atoms. The number of para-hydroxylation sites is 6. The van der Waals surface area contributed by atoms with Crippen molar-refractivity contribution in [2.45, 2.75) is 26.3 Å². The molecule has 10 aromatic carbocycles. The van der Waals surface area contributed by atoms with Crippen LogP contribution in [0.4, 0.5) is 0 Å². The summed E-state index contributed by atoms with van der Waals surface area (Å²) < 4.78 is 9.64. The summed E-state index contributed by atoms with van der Waals surface area (Å²) in [5.74, 6) is 0.679. The summed E-state index contributed by atoms with van der Waals surface area (Å²) in [4.78, 5) is 11.5. The smallest absolute Gasteiger partial charge is 0.160 e. The van der Waals surface area contributed by atoms with E-state index in [4.69, 9.17) is 9.97 Å². The highest BCUT2D eigenvalue weighted by atomic mass is 15.0. The second kappa shape index (κ2) is 18.4. The van der Waals surface area contributed by atoms with E-state index >= 15 is 0 Å². The normalized spacial score (nSPS) is 13.5. The fraction of sp³-hybridized carbons (Fsp3) is 0.0556. The van der Waals surface area contributed by atoms with Crippen LogP contribution in [0, 0.1) is 0 Å². The number of fused-ring (bicyclic) bond motifs is 12. The Labute approximate surface area is 451 Å². The van der Waals surface area contributed by atoms with Crippen molar-refractivity contribution < 1.29 is 0 Å². The molecule has 1 atom stereocenters. The van der Waals surface area contributed by atoms with E-state index in [2.05, 4.69) is 279 Å². The van der Waals surface area contributed by atoms with E-state index in [1.807, 2.05) is 13.8 Å². The summed E-state index contributed by atoms with van der Waals surface area (Å²) in [7, 11) is 0. The molecule has 0 N–H and O–H groups in total. The second-order valence-electron chi connectivity index (χ2n) is 20.1. The minimum absolute atomic E-state index is 0.223. The monoisotopic (exact) mass is 1000 g/mol. The zero-order valence-electron chi connectivity index (χ0n) is 43.3. The molecule has 0 amide bonds. The lowest BCUT2D eigenvalue weighted by atomic mass is 10.0. The van der Waals surface area contributed by atoms with Crippen LogP contribution in [-0.4, -0.2) is 28.2 Å². The quantitative estimate of drug-likeness (QED) is 0.160. The van der Waals surface area contributed by atoms with E-state index < -0.39 is 0 Å².